The van der Waals surface area contributed by atoms with Gasteiger partial charge in [-0.15, -0.1) is 0 Å². The summed E-state index contributed by atoms with van der Waals surface area (Å²) in [5.41, 5.74) is 1.30. The molecule has 1 nitrogen and oxygen atoms in total. The van der Waals surface area contributed by atoms with Crippen LogP contribution in [0.2, 0.25) is 5.02 Å². The van der Waals surface area contributed by atoms with Gasteiger partial charge >= 0.3 is 0 Å². The van der Waals surface area contributed by atoms with Gasteiger partial charge in [-0.3, -0.25) is 0 Å². The van der Waals surface area contributed by atoms with Crippen molar-refractivity contribution in [1.29, 1.82) is 0 Å². The van der Waals surface area contributed by atoms with Gasteiger partial charge in [0.2, 0.25) is 0 Å². The Morgan fingerprint density at radius 3 is 2.13 bits per heavy atom. The van der Waals surface area contributed by atoms with Gasteiger partial charge in [-0.05, 0) is 37.5 Å². The molecule has 0 aromatic heterocycles. The summed E-state index contributed by atoms with van der Waals surface area (Å²) in [6.45, 7) is 6.63. The maximum Gasteiger partial charge on any atom is 0.0406 e. The van der Waals surface area contributed by atoms with E-state index < -0.39 is 0 Å². The van der Waals surface area contributed by atoms with Gasteiger partial charge in [0, 0.05) is 17.1 Å². The van der Waals surface area contributed by atoms with Crippen molar-refractivity contribution < 1.29 is 0 Å². The van der Waals surface area contributed by atoms with Crippen LogP contribution in [0.15, 0.2) is 24.3 Å². The first-order valence-corrected chi connectivity index (χ1v) is 6.06. The molecule has 0 amide bonds. The highest BCUT2D eigenvalue weighted by Crippen LogP contribution is 2.17. The van der Waals surface area contributed by atoms with E-state index in [9.17, 15) is 0 Å². The number of nitrogens with one attached hydrogen (secondary N) is 1. The van der Waals surface area contributed by atoms with E-state index in [2.05, 4.69) is 38.2 Å². The Labute approximate surface area is 97.8 Å². The summed E-state index contributed by atoms with van der Waals surface area (Å²) in [7, 11) is 0. The van der Waals surface area contributed by atoms with Crippen LogP contribution in [0.3, 0.4) is 0 Å². The number of hydrogen-bond donors (Lipinski definition) is 1. The van der Waals surface area contributed by atoms with E-state index in [-0.39, 0.29) is 0 Å². The number of rotatable bonds is 5. The van der Waals surface area contributed by atoms with Crippen molar-refractivity contribution in [1.82, 2.24) is 5.32 Å². The monoisotopic (exact) mass is 225 g/mol. The molecule has 0 heterocycles. The fourth-order valence-corrected chi connectivity index (χ4v) is 1.85. The molecule has 0 fully saturated rings. The molecule has 1 rings (SSSR count). The molecule has 0 spiro atoms. The van der Waals surface area contributed by atoms with Gasteiger partial charge < -0.3 is 5.32 Å². The second kappa shape index (κ2) is 6.14. The topological polar surface area (TPSA) is 12.0 Å². The Morgan fingerprint density at radius 1 is 1.13 bits per heavy atom. The fourth-order valence-electron chi connectivity index (χ4n) is 1.73. The second-order valence-electron chi connectivity index (χ2n) is 3.95. The van der Waals surface area contributed by atoms with Crippen molar-refractivity contribution in [3.05, 3.63) is 34.9 Å². The smallest absolute Gasteiger partial charge is 0.0406 e. The van der Waals surface area contributed by atoms with Crippen LogP contribution in [-0.4, -0.2) is 6.04 Å². The molecule has 2 heteroatoms. The lowest BCUT2D eigenvalue weighted by Gasteiger charge is -2.21. The largest absolute Gasteiger partial charge is 0.307 e. The summed E-state index contributed by atoms with van der Waals surface area (Å²) < 4.78 is 0. The molecule has 15 heavy (non-hydrogen) atoms. The molecule has 0 bridgehead atoms. The zero-order valence-corrected chi connectivity index (χ0v) is 10.5. The van der Waals surface area contributed by atoms with Crippen LogP contribution >= 0.6 is 11.6 Å². The van der Waals surface area contributed by atoms with E-state index in [1.165, 1.54) is 18.4 Å². The molecule has 0 saturated carbocycles. The number of halogens is 1. The zero-order valence-electron chi connectivity index (χ0n) is 9.76. The predicted molar refractivity (Wildman–Crippen MR) is 67.4 cm³/mol. The average molecular weight is 226 g/mol. The zero-order chi connectivity index (χ0) is 11.3. The lowest BCUT2D eigenvalue weighted by Crippen LogP contribution is -2.30. The van der Waals surface area contributed by atoms with Crippen molar-refractivity contribution in [3.63, 3.8) is 0 Å². The van der Waals surface area contributed by atoms with E-state index in [4.69, 9.17) is 11.6 Å². The minimum absolute atomic E-state index is 0.396. The molecule has 0 aliphatic heterocycles. The lowest BCUT2D eigenvalue weighted by atomic mass is 10.1. The standard InChI is InChI=1S/C13H20ClN/c1-4-13(5-2)15-10(3)11-6-8-12(14)9-7-11/h6-10,13,15H,4-5H2,1-3H3. The highest BCUT2D eigenvalue weighted by Gasteiger charge is 2.09. The number of hydrogen-bond acceptors (Lipinski definition) is 1. The molecule has 0 aliphatic carbocycles. The summed E-state index contributed by atoms with van der Waals surface area (Å²) in [4.78, 5) is 0. The van der Waals surface area contributed by atoms with Crippen LogP contribution in [0.1, 0.15) is 45.2 Å². The van der Waals surface area contributed by atoms with Gasteiger partial charge in [-0.25, -0.2) is 0 Å². The highest BCUT2D eigenvalue weighted by atomic mass is 35.5. The summed E-state index contributed by atoms with van der Waals surface area (Å²) in [6.07, 6.45) is 2.35. The Kier molecular flexibility index (Phi) is 5.13. The van der Waals surface area contributed by atoms with Gasteiger partial charge in [0.1, 0.15) is 0 Å². The summed E-state index contributed by atoms with van der Waals surface area (Å²) >= 11 is 5.86. The van der Waals surface area contributed by atoms with Crippen LogP contribution in [0, 0.1) is 0 Å². The van der Waals surface area contributed by atoms with E-state index in [1.807, 2.05) is 12.1 Å². The SMILES string of the molecule is CCC(CC)NC(C)c1ccc(Cl)cc1. The molecule has 0 aliphatic rings. The first-order valence-electron chi connectivity index (χ1n) is 5.68. The summed E-state index contributed by atoms with van der Waals surface area (Å²) in [6, 6.07) is 9.07. The average Bonchev–Trinajstić information content (AvgIpc) is 2.26. The van der Waals surface area contributed by atoms with E-state index in [1.54, 1.807) is 0 Å². The molecule has 1 aromatic rings. The first kappa shape index (κ1) is 12.5. The van der Waals surface area contributed by atoms with Gasteiger partial charge in [0.15, 0.2) is 0 Å². The normalized spacial score (nSPS) is 13.1. The third kappa shape index (κ3) is 3.84. The minimum atomic E-state index is 0.396. The van der Waals surface area contributed by atoms with Crippen LogP contribution in [0.25, 0.3) is 0 Å². The van der Waals surface area contributed by atoms with Crippen LogP contribution in [0.4, 0.5) is 0 Å². The van der Waals surface area contributed by atoms with Crippen LogP contribution in [-0.2, 0) is 0 Å². The minimum Gasteiger partial charge on any atom is -0.307 e. The van der Waals surface area contributed by atoms with Crippen LogP contribution < -0.4 is 5.32 Å². The van der Waals surface area contributed by atoms with Crippen molar-refractivity contribution in [2.24, 2.45) is 0 Å². The van der Waals surface area contributed by atoms with Gasteiger partial charge in [0.05, 0.1) is 0 Å². The Hall–Kier alpha value is -0.530. The molecule has 1 unspecified atom stereocenters. The molecule has 0 radical (unpaired) electrons. The lowest BCUT2D eigenvalue weighted by molar-refractivity contribution is 0.432. The predicted octanol–water partition coefficient (Wildman–Crippen LogP) is 4.18. The van der Waals surface area contributed by atoms with E-state index in [0.29, 0.717) is 12.1 Å². The third-order valence-electron chi connectivity index (χ3n) is 2.84. The van der Waals surface area contributed by atoms with Gasteiger partial charge in [0.25, 0.3) is 0 Å². The second-order valence-corrected chi connectivity index (χ2v) is 4.39. The Bertz CT molecular complexity index is 277. The first-order chi connectivity index (χ1) is 7.17. The van der Waals surface area contributed by atoms with Gasteiger partial charge in [-0.2, -0.15) is 0 Å². The van der Waals surface area contributed by atoms with Crippen molar-refractivity contribution in [2.75, 3.05) is 0 Å². The van der Waals surface area contributed by atoms with Crippen molar-refractivity contribution in [2.45, 2.75) is 45.7 Å². The fraction of sp³-hybridized carbons (Fsp3) is 0.538. The summed E-state index contributed by atoms with van der Waals surface area (Å²) in [5.74, 6) is 0. The molecule has 0 saturated heterocycles. The quantitative estimate of drug-likeness (QED) is 0.793. The molecular formula is C13H20ClN. The highest BCUT2D eigenvalue weighted by molar-refractivity contribution is 6.30. The van der Waals surface area contributed by atoms with E-state index >= 15 is 0 Å². The summed E-state index contributed by atoms with van der Waals surface area (Å²) in [5, 5.41) is 4.41. The van der Waals surface area contributed by atoms with Crippen molar-refractivity contribution in [3.8, 4) is 0 Å². The third-order valence-corrected chi connectivity index (χ3v) is 3.09. The molecule has 1 N–H and O–H groups in total. The Morgan fingerprint density at radius 2 is 1.67 bits per heavy atom. The van der Waals surface area contributed by atoms with Crippen molar-refractivity contribution >= 4 is 11.6 Å². The number of benzene rings is 1. The maximum absolute atomic E-state index is 5.86. The molecule has 1 aromatic carbocycles. The molecular weight excluding hydrogens is 206 g/mol. The molecule has 84 valence electrons. The Balaban J connectivity index is 2.60. The van der Waals surface area contributed by atoms with Crippen LogP contribution in [0.5, 0.6) is 0 Å². The van der Waals surface area contributed by atoms with E-state index in [0.717, 1.165) is 5.02 Å². The molecule has 1 atom stereocenters. The maximum atomic E-state index is 5.86. The van der Waals surface area contributed by atoms with Gasteiger partial charge in [-0.1, -0.05) is 37.6 Å².